The van der Waals surface area contributed by atoms with Crippen LogP contribution in [-0.2, 0) is 26.2 Å². The van der Waals surface area contributed by atoms with Gasteiger partial charge in [0.1, 0.15) is 18.3 Å². The monoisotopic (exact) mass is 611 g/mol. The van der Waals surface area contributed by atoms with Gasteiger partial charge in [0.25, 0.3) is 10.0 Å². The fraction of sp³-hybridized carbons (Fsp3) is 0.375. The summed E-state index contributed by atoms with van der Waals surface area (Å²) in [6.45, 7) is 4.90. The number of hydrogen-bond acceptors (Lipinski definition) is 5. The zero-order valence-corrected chi connectivity index (χ0v) is 26.0. The van der Waals surface area contributed by atoms with Crippen LogP contribution in [0.1, 0.15) is 49.3 Å². The third-order valence-electron chi connectivity index (χ3n) is 7.71. The molecule has 0 radical (unpaired) electrons. The summed E-state index contributed by atoms with van der Waals surface area (Å²) in [5, 5.41) is 3.42. The molecule has 0 spiro atoms. The Hall–Kier alpha value is -3.56. The molecule has 1 N–H and O–H groups in total. The van der Waals surface area contributed by atoms with Crippen molar-refractivity contribution in [2.24, 2.45) is 0 Å². The predicted octanol–water partition coefficient (Wildman–Crippen LogP) is 5.64. The Morgan fingerprint density at radius 1 is 1.00 bits per heavy atom. The summed E-state index contributed by atoms with van der Waals surface area (Å²) in [6, 6.07) is 17.8. The zero-order chi connectivity index (χ0) is 30.4. The van der Waals surface area contributed by atoms with E-state index >= 15 is 0 Å². The summed E-state index contributed by atoms with van der Waals surface area (Å²) in [5.74, 6) is -0.124. The summed E-state index contributed by atoms with van der Waals surface area (Å²) in [5.41, 5.74) is 2.61. The smallest absolute Gasteiger partial charge is 0.264 e. The number of aryl methyl sites for hydroxylation is 2. The van der Waals surface area contributed by atoms with Crippen molar-refractivity contribution >= 4 is 39.1 Å². The number of amides is 2. The lowest BCUT2D eigenvalue weighted by Crippen LogP contribution is -2.52. The Morgan fingerprint density at radius 3 is 2.26 bits per heavy atom. The quantitative estimate of drug-likeness (QED) is 0.303. The minimum Gasteiger partial charge on any atom is -0.497 e. The Labute approximate surface area is 253 Å². The number of anilines is 1. The van der Waals surface area contributed by atoms with Gasteiger partial charge in [0.2, 0.25) is 11.8 Å². The van der Waals surface area contributed by atoms with Crippen LogP contribution in [0.25, 0.3) is 0 Å². The highest BCUT2D eigenvalue weighted by Gasteiger charge is 2.34. The van der Waals surface area contributed by atoms with E-state index in [1.165, 1.54) is 17.0 Å². The minimum atomic E-state index is -4.18. The van der Waals surface area contributed by atoms with Crippen LogP contribution in [0.5, 0.6) is 5.75 Å². The zero-order valence-electron chi connectivity index (χ0n) is 24.5. The number of carbonyl (C=O) groups excluding carboxylic acids is 2. The normalized spacial score (nSPS) is 14.3. The van der Waals surface area contributed by atoms with Crippen LogP contribution in [0.4, 0.5) is 5.69 Å². The second-order valence-corrected chi connectivity index (χ2v) is 13.1. The Bertz CT molecular complexity index is 1500. The first-order valence-electron chi connectivity index (χ1n) is 14.1. The molecule has 3 aromatic carbocycles. The number of halogens is 1. The van der Waals surface area contributed by atoms with Gasteiger partial charge in [0.15, 0.2) is 0 Å². The first kappa shape index (κ1) is 31.4. The Morgan fingerprint density at radius 2 is 1.64 bits per heavy atom. The van der Waals surface area contributed by atoms with Crippen molar-refractivity contribution in [3.63, 3.8) is 0 Å². The highest BCUT2D eigenvalue weighted by atomic mass is 35.5. The predicted molar refractivity (Wildman–Crippen MR) is 165 cm³/mol. The number of nitrogens with one attached hydrogen (secondary N) is 1. The van der Waals surface area contributed by atoms with Crippen molar-refractivity contribution in [3.8, 4) is 5.75 Å². The number of sulfonamides is 1. The van der Waals surface area contributed by atoms with Gasteiger partial charge in [-0.2, -0.15) is 0 Å². The van der Waals surface area contributed by atoms with E-state index in [4.69, 9.17) is 16.3 Å². The van der Waals surface area contributed by atoms with Gasteiger partial charge in [-0.3, -0.25) is 13.9 Å². The summed E-state index contributed by atoms with van der Waals surface area (Å²) < 4.78 is 34.4. The second kappa shape index (κ2) is 13.6. The maximum absolute atomic E-state index is 14.1. The van der Waals surface area contributed by atoms with Gasteiger partial charge < -0.3 is 15.0 Å². The molecule has 4 rings (SSSR count). The largest absolute Gasteiger partial charge is 0.497 e. The first-order valence-corrected chi connectivity index (χ1v) is 15.9. The molecule has 1 aliphatic carbocycles. The number of ether oxygens (including phenoxy) is 1. The summed E-state index contributed by atoms with van der Waals surface area (Å²) in [7, 11) is -2.60. The van der Waals surface area contributed by atoms with E-state index in [-0.39, 0.29) is 23.4 Å². The number of nitrogens with zero attached hydrogens (tertiary/aromatic N) is 2. The third-order valence-corrected chi connectivity index (χ3v) is 9.72. The number of methoxy groups -OCH3 is 1. The van der Waals surface area contributed by atoms with Crippen molar-refractivity contribution in [2.45, 2.75) is 70.0 Å². The van der Waals surface area contributed by atoms with Crippen molar-refractivity contribution < 1.29 is 22.7 Å². The molecule has 0 saturated heterocycles. The van der Waals surface area contributed by atoms with Crippen molar-refractivity contribution in [1.29, 1.82) is 0 Å². The SMILES string of the molecule is COc1ccc(CN(C(=O)CN(c2cc(Cl)ccc2C)S(=O)(=O)c2ccc(C)cc2)C(C)C(=O)NC2CCCC2)cc1. The number of benzene rings is 3. The maximum atomic E-state index is 14.1. The van der Waals surface area contributed by atoms with Crippen LogP contribution in [-0.4, -0.2) is 50.9 Å². The molecule has 0 bridgehead atoms. The lowest BCUT2D eigenvalue weighted by molar-refractivity contribution is -0.139. The lowest BCUT2D eigenvalue weighted by atomic mass is 10.1. The fourth-order valence-corrected chi connectivity index (χ4v) is 6.74. The second-order valence-electron chi connectivity index (χ2n) is 10.8. The van der Waals surface area contributed by atoms with Crippen LogP contribution in [0.15, 0.2) is 71.6 Å². The molecular weight excluding hydrogens is 574 g/mol. The molecule has 1 aliphatic rings. The van der Waals surface area contributed by atoms with Crippen molar-refractivity contribution in [1.82, 2.24) is 10.2 Å². The fourth-order valence-electron chi connectivity index (χ4n) is 5.10. The van der Waals surface area contributed by atoms with E-state index < -0.39 is 28.5 Å². The molecular formula is C32H38ClN3O5S. The highest BCUT2D eigenvalue weighted by Crippen LogP contribution is 2.30. The number of carbonyl (C=O) groups is 2. The van der Waals surface area contributed by atoms with Gasteiger partial charge in [-0.1, -0.05) is 60.3 Å². The van der Waals surface area contributed by atoms with Crippen LogP contribution >= 0.6 is 11.6 Å². The molecule has 1 saturated carbocycles. The van der Waals surface area contributed by atoms with E-state index in [1.54, 1.807) is 63.4 Å². The lowest BCUT2D eigenvalue weighted by Gasteiger charge is -2.33. The summed E-state index contributed by atoms with van der Waals surface area (Å²) in [4.78, 5) is 29.0. The molecule has 8 nitrogen and oxygen atoms in total. The molecule has 224 valence electrons. The molecule has 42 heavy (non-hydrogen) atoms. The third kappa shape index (κ3) is 7.44. The first-order chi connectivity index (χ1) is 20.0. The van der Waals surface area contributed by atoms with E-state index in [2.05, 4.69) is 5.32 Å². The van der Waals surface area contributed by atoms with Crippen LogP contribution < -0.4 is 14.4 Å². The molecule has 0 aromatic heterocycles. The van der Waals surface area contributed by atoms with Gasteiger partial charge >= 0.3 is 0 Å². The minimum absolute atomic E-state index is 0.0500. The topological polar surface area (TPSA) is 96.0 Å². The number of rotatable bonds is 11. The summed E-state index contributed by atoms with van der Waals surface area (Å²) >= 11 is 6.30. The molecule has 0 aliphatic heterocycles. The van der Waals surface area contributed by atoms with E-state index in [0.717, 1.165) is 41.1 Å². The van der Waals surface area contributed by atoms with Crippen molar-refractivity contribution in [3.05, 3.63) is 88.4 Å². The average Bonchev–Trinajstić information content (AvgIpc) is 3.49. The summed E-state index contributed by atoms with van der Waals surface area (Å²) in [6.07, 6.45) is 3.92. The Balaban J connectivity index is 1.71. The average molecular weight is 612 g/mol. The molecule has 2 amide bonds. The van der Waals surface area contributed by atoms with E-state index in [1.807, 2.05) is 19.1 Å². The molecule has 10 heteroatoms. The maximum Gasteiger partial charge on any atom is 0.264 e. The van der Waals surface area contributed by atoms with Gasteiger partial charge in [-0.15, -0.1) is 0 Å². The molecule has 1 fully saturated rings. The van der Waals surface area contributed by atoms with E-state index in [0.29, 0.717) is 22.0 Å². The molecule has 1 atom stereocenters. The molecule has 3 aromatic rings. The van der Waals surface area contributed by atoms with Gasteiger partial charge in [-0.25, -0.2) is 8.42 Å². The molecule has 0 heterocycles. The standard InChI is InChI=1S/C32H38ClN3O5S/c1-22-9-17-29(18-10-22)42(39,40)36(30-19-26(33)14-11-23(30)2)21-31(37)35(20-25-12-15-28(41-4)16-13-25)24(3)32(38)34-27-7-5-6-8-27/h9-19,24,27H,5-8,20-21H2,1-4H3,(H,34,38). The molecule has 1 unspecified atom stereocenters. The Kier molecular flexibility index (Phi) is 10.2. The van der Waals surface area contributed by atoms with Crippen molar-refractivity contribution in [2.75, 3.05) is 18.0 Å². The van der Waals surface area contributed by atoms with Gasteiger partial charge in [-0.05, 0) is 81.1 Å². The van der Waals surface area contributed by atoms with Gasteiger partial charge in [0, 0.05) is 17.6 Å². The number of hydrogen-bond donors (Lipinski definition) is 1. The van der Waals surface area contributed by atoms with Crippen LogP contribution in [0.3, 0.4) is 0 Å². The highest BCUT2D eigenvalue weighted by molar-refractivity contribution is 7.92. The van der Waals surface area contributed by atoms with Crippen LogP contribution in [0.2, 0.25) is 5.02 Å². The van der Waals surface area contributed by atoms with E-state index in [9.17, 15) is 18.0 Å². The van der Waals surface area contributed by atoms with Crippen LogP contribution in [0, 0.1) is 13.8 Å². The van der Waals surface area contributed by atoms with Gasteiger partial charge in [0.05, 0.1) is 17.7 Å².